The second kappa shape index (κ2) is 9.47. The number of rotatable bonds is 4. The second-order valence-corrected chi connectivity index (χ2v) is 7.82. The van der Waals surface area contributed by atoms with Crippen LogP contribution in [0.1, 0.15) is 63.9 Å². The zero-order valence-corrected chi connectivity index (χ0v) is 15.9. The van der Waals surface area contributed by atoms with Crippen LogP contribution in [-0.4, -0.2) is 19.2 Å². The maximum absolute atomic E-state index is 12.7. The lowest BCUT2D eigenvalue weighted by Crippen LogP contribution is -2.34. The molecule has 147 valence electrons. The Labute approximate surface area is 160 Å². The summed E-state index contributed by atoms with van der Waals surface area (Å²) in [4.78, 5) is 11.6. The Morgan fingerprint density at radius 1 is 1.15 bits per heavy atom. The van der Waals surface area contributed by atoms with Gasteiger partial charge in [-0.3, -0.25) is 4.79 Å². The number of amides is 1. The standard InChI is InChI=1S/C21H28BF3NO/c1-3-19(27)26-18-8-5-4-6-14-20(2,15-7-9-18)22-17-12-10-16(11-13-17)21(23,24)25/h3,10-13,18H,1,4-9,14-15H2,2H3,(H,26,27). The van der Waals surface area contributed by atoms with Crippen molar-refractivity contribution < 1.29 is 18.0 Å². The third-order valence-electron chi connectivity index (χ3n) is 5.39. The van der Waals surface area contributed by atoms with E-state index in [0.717, 1.165) is 69.0 Å². The zero-order chi connectivity index (χ0) is 19.9. The van der Waals surface area contributed by atoms with Crippen molar-refractivity contribution in [1.29, 1.82) is 0 Å². The van der Waals surface area contributed by atoms with Gasteiger partial charge in [-0.05, 0) is 18.9 Å². The summed E-state index contributed by atoms with van der Waals surface area (Å²) in [7, 11) is 2.12. The predicted octanol–water partition coefficient (Wildman–Crippen LogP) is 5.02. The Kier molecular flexibility index (Phi) is 7.57. The molecular formula is C21H28BF3NO. The fourth-order valence-corrected chi connectivity index (χ4v) is 3.84. The fraction of sp³-hybridized carbons (Fsp3) is 0.571. The van der Waals surface area contributed by atoms with Crippen LogP contribution in [0.5, 0.6) is 0 Å². The van der Waals surface area contributed by atoms with Gasteiger partial charge in [0, 0.05) is 6.04 Å². The van der Waals surface area contributed by atoms with Gasteiger partial charge in [0.15, 0.2) is 7.28 Å². The minimum Gasteiger partial charge on any atom is -0.350 e. The molecule has 0 bridgehead atoms. The van der Waals surface area contributed by atoms with E-state index in [9.17, 15) is 18.0 Å². The van der Waals surface area contributed by atoms with E-state index >= 15 is 0 Å². The first-order valence-corrected chi connectivity index (χ1v) is 9.68. The van der Waals surface area contributed by atoms with E-state index < -0.39 is 11.7 Å². The van der Waals surface area contributed by atoms with Gasteiger partial charge in [0.1, 0.15) is 0 Å². The largest absolute Gasteiger partial charge is 0.416 e. The Morgan fingerprint density at radius 3 is 2.41 bits per heavy atom. The lowest BCUT2D eigenvalue weighted by Gasteiger charge is -2.31. The van der Waals surface area contributed by atoms with Gasteiger partial charge < -0.3 is 5.32 Å². The van der Waals surface area contributed by atoms with Crippen LogP contribution < -0.4 is 10.8 Å². The van der Waals surface area contributed by atoms with Crippen LogP contribution in [0, 0.1) is 0 Å². The highest BCUT2D eigenvalue weighted by atomic mass is 19.4. The molecule has 1 aliphatic rings. The van der Waals surface area contributed by atoms with Gasteiger partial charge in [-0.2, -0.15) is 13.2 Å². The molecule has 0 heterocycles. The van der Waals surface area contributed by atoms with Crippen LogP contribution in [0.2, 0.25) is 5.31 Å². The summed E-state index contributed by atoms with van der Waals surface area (Å²) in [6, 6.07) is 5.58. The molecule has 0 aliphatic heterocycles. The van der Waals surface area contributed by atoms with Crippen molar-refractivity contribution in [2.75, 3.05) is 0 Å². The van der Waals surface area contributed by atoms with Crippen molar-refractivity contribution in [2.45, 2.75) is 75.8 Å². The lowest BCUT2D eigenvalue weighted by molar-refractivity contribution is -0.137. The molecule has 1 aliphatic carbocycles. The van der Waals surface area contributed by atoms with Crippen LogP contribution >= 0.6 is 0 Å². The van der Waals surface area contributed by atoms with E-state index in [1.807, 2.05) is 0 Å². The summed E-state index contributed by atoms with van der Waals surface area (Å²) >= 11 is 0. The van der Waals surface area contributed by atoms with Crippen molar-refractivity contribution in [3.63, 3.8) is 0 Å². The monoisotopic (exact) mass is 378 g/mol. The van der Waals surface area contributed by atoms with Gasteiger partial charge in [0.2, 0.25) is 5.91 Å². The predicted molar refractivity (Wildman–Crippen MR) is 104 cm³/mol. The molecule has 2 nitrogen and oxygen atoms in total. The third-order valence-corrected chi connectivity index (χ3v) is 5.39. The van der Waals surface area contributed by atoms with E-state index in [1.165, 1.54) is 6.08 Å². The smallest absolute Gasteiger partial charge is 0.350 e. The summed E-state index contributed by atoms with van der Waals surface area (Å²) in [6.07, 6.45) is 5.09. The molecule has 2 rings (SSSR count). The maximum atomic E-state index is 12.7. The van der Waals surface area contributed by atoms with Crippen molar-refractivity contribution >= 4 is 18.6 Å². The second-order valence-electron chi connectivity index (χ2n) is 7.82. The molecule has 6 heteroatoms. The van der Waals surface area contributed by atoms with Crippen molar-refractivity contribution in [3.8, 4) is 0 Å². The van der Waals surface area contributed by atoms with Gasteiger partial charge in [0.25, 0.3) is 0 Å². The number of carbonyl (C=O) groups excluding carboxylic acids is 1. The third kappa shape index (κ3) is 7.08. The van der Waals surface area contributed by atoms with Crippen LogP contribution in [0.25, 0.3) is 0 Å². The van der Waals surface area contributed by atoms with Crippen molar-refractivity contribution in [3.05, 3.63) is 42.5 Å². The molecule has 1 aromatic carbocycles. The molecule has 1 aromatic rings. The number of halogens is 3. The summed E-state index contributed by atoms with van der Waals surface area (Å²) in [5, 5.41) is 2.96. The number of hydrogen-bond donors (Lipinski definition) is 1. The van der Waals surface area contributed by atoms with Crippen molar-refractivity contribution in [1.82, 2.24) is 5.32 Å². The Balaban J connectivity index is 2.00. The average Bonchev–Trinajstić information content (AvgIpc) is 2.60. The zero-order valence-electron chi connectivity index (χ0n) is 15.9. The number of nitrogens with one attached hydrogen (secondary N) is 1. The number of carbonyl (C=O) groups is 1. The van der Waals surface area contributed by atoms with Gasteiger partial charge in [-0.25, -0.2) is 0 Å². The van der Waals surface area contributed by atoms with Gasteiger partial charge in [0.05, 0.1) is 5.56 Å². The topological polar surface area (TPSA) is 29.1 Å². The molecule has 1 saturated carbocycles. The number of benzene rings is 1. The summed E-state index contributed by atoms with van der Waals surface area (Å²) in [6.45, 7) is 5.69. The van der Waals surface area contributed by atoms with Gasteiger partial charge >= 0.3 is 6.18 Å². The Hall–Kier alpha value is -1.72. The van der Waals surface area contributed by atoms with Gasteiger partial charge in [-0.1, -0.05) is 87.1 Å². The lowest BCUT2D eigenvalue weighted by atomic mass is 9.46. The molecule has 1 N–H and O–H groups in total. The van der Waals surface area contributed by atoms with E-state index in [1.54, 1.807) is 12.1 Å². The normalized spacial score (nSPS) is 24.7. The van der Waals surface area contributed by atoms with Crippen LogP contribution in [0.3, 0.4) is 0 Å². The molecule has 0 aromatic heterocycles. The first-order valence-electron chi connectivity index (χ1n) is 9.68. The van der Waals surface area contributed by atoms with E-state index in [4.69, 9.17) is 0 Å². The Morgan fingerprint density at radius 2 is 1.78 bits per heavy atom. The minimum atomic E-state index is -4.30. The molecular weight excluding hydrogens is 350 g/mol. The highest BCUT2D eigenvalue weighted by molar-refractivity contribution is 6.56. The Bertz CT molecular complexity index is 629. The summed E-state index contributed by atoms with van der Waals surface area (Å²) < 4.78 is 38.2. The molecule has 2 atom stereocenters. The summed E-state index contributed by atoms with van der Waals surface area (Å²) in [5.41, 5.74) is 0.218. The number of alkyl halides is 3. The highest BCUT2D eigenvalue weighted by Crippen LogP contribution is 2.38. The fourth-order valence-electron chi connectivity index (χ4n) is 3.84. The molecule has 0 spiro atoms. The quantitative estimate of drug-likeness (QED) is 0.579. The van der Waals surface area contributed by atoms with E-state index in [2.05, 4.69) is 26.1 Å². The summed E-state index contributed by atoms with van der Waals surface area (Å²) in [5.74, 6) is -0.129. The highest BCUT2D eigenvalue weighted by Gasteiger charge is 2.31. The molecule has 1 amide bonds. The maximum Gasteiger partial charge on any atom is 0.416 e. The molecule has 1 fully saturated rings. The van der Waals surface area contributed by atoms with Crippen LogP contribution in [0.4, 0.5) is 13.2 Å². The first-order chi connectivity index (χ1) is 12.7. The number of hydrogen-bond acceptors (Lipinski definition) is 1. The van der Waals surface area contributed by atoms with Gasteiger partial charge in [-0.15, -0.1) is 0 Å². The van der Waals surface area contributed by atoms with E-state index in [-0.39, 0.29) is 17.3 Å². The molecule has 0 saturated heterocycles. The first kappa shape index (κ1) is 21.6. The molecule has 2 unspecified atom stereocenters. The van der Waals surface area contributed by atoms with Crippen LogP contribution in [0.15, 0.2) is 36.9 Å². The van der Waals surface area contributed by atoms with Crippen LogP contribution in [-0.2, 0) is 11.0 Å². The van der Waals surface area contributed by atoms with E-state index in [0.29, 0.717) is 0 Å². The minimum absolute atomic E-state index is 0.0515. The SMILES string of the molecule is C=CC(=O)NC1CCCCCC(C)([B]c2ccc(C(F)(F)F)cc2)CCC1. The van der Waals surface area contributed by atoms with Crippen molar-refractivity contribution in [2.24, 2.45) is 0 Å². The molecule has 1 radical (unpaired) electrons. The average molecular weight is 378 g/mol. The molecule has 27 heavy (non-hydrogen) atoms.